The van der Waals surface area contributed by atoms with Gasteiger partial charge in [0.25, 0.3) is 0 Å². The number of carbonyl (C=O) groups is 1. The molecule has 0 aliphatic heterocycles. The van der Waals surface area contributed by atoms with Gasteiger partial charge in [-0.1, -0.05) is 37.4 Å². The van der Waals surface area contributed by atoms with E-state index < -0.39 is 0 Å². The fourth-order valence-electron chi connectivity index (χ4n) is 1.37. The molecule has 0 aliphatic rings. The molecule has 90 valence electrons. The van der Waals surface area contributed by atoms with Crippen LogP contribution in [0.2, 0.25) is 6.32 Å². The highest BCUT2D eigenvalue weighted by atomic mass is 16.5. The molecule has 0 aromatic heterocycles. The molecule has 16 heavy (non-hydrogen) atoms. The molecule has 0 atom stereocenters. The predicted octanol–water partition coefficient (Wildman–Crippen LogP) is 2.66. The number of hydrogen-bond donors (Lipinski definition) is 0. The third-order valence-corrected chi connectivity index (χ3v) is 2.39. The van der Waals surface area contributed by atoms with Gasteiger partial charge in [-0.2, -0.15) is 0 Å². The van der Waals surface area contributed by atoms with Gasteiger partial charge in [-0.3, -0.25) is 4.79 Å². The molecule has 0 heterocycles. The number of esters is 1. The van der Waals surface area contributed by atoms with Gasteiger partial charge < -0.3 is 4.74 Å². The molecular formula is C13H23BO2. The van der Waals surface area contributed by atoms with Crippen molar-refractivity contribution in [2.24, 2.45) is 0 Å². The van der Waals surface area contributed by atoms with Crippen molar-refractivity contribution in [2.45, 2.75) is 45.9 Å². The van der Waals surface area contributed by atoms with Crippen LogP contribution in [0.5, 0.6) is 0 Å². The quantitative estimate of drug-likeness (QED) is 0.273. The van der Waals surface area contributed by atoms with Crippen molar-refractivity contribution >= 4 is 13.8 Å². The Bertz CT molecular complexity index is 244. The molecular weight excluding hydrogens is 199 g/mol. The summed E-state index contributed by atoms with van der Waals surface area (Å²) < 4.78 is 5.17. The number of unbranched alkanes of at least 4 members (excludes halogenated alkanes) is 2. The highest BCUT2D eigenvalue weighted by Gasteiger charge is 2.02. The van der Waals surface area contributed by atoms with E-state index in [-0.39, 0.29) is 5.97 Å². The molecule has 0 radical (unpaired) electrons. The molecule has 0 aromatic carbocycles. The summed E-state index contributed by atoms with van der Waals surface area (Å²) in [4.78, 5) is 11.4. The molecule has 0 rings (SSSR count). The normalized spacial score (nSPS) is 12.0. The van der Waals surface area contributed by atoms with Crippen LogP contribution in [0.3, 0.4) is 0 Å². The molecule has 0 N–H and O–H groups in total. The summed E-state index contributed by atoms with van der Waals surface area (Å²) in [5.41, 5.74) is 1.05. The van der Waals surface area contributed by atoms with Crippen molar-refractivity contribution in [2.75, 3.05) is 6.61 Å². The number of carbonyl (C=O) groups excluding carboxylic acids is 1. The summed E-state index contributed by atoms with van der Waals surface area (Å²) >= 11 is 0. The van der Waals surface area contributed by atoms with Crippen molar-refractivity contribution in [3.63, 3.8) is 0 Å². The second kappa shape index (κ2) is 10.5. The molecule has 0 fully saturated rings. The van der Waals surface area contributed by atoms with E-state index in [1.54, 1.807) is 0 Å². The van der Waals surface area contributed by atoms with Gasteiger partial charge in [-0.05, 0) is 25.8 Å². The van der Waals surface area contributed by atoms with Gasteiger partial charge in [-0.15, -0.1) is 0 Å². The molecule has 0 aromatic rings. The molecule has 0 bridgehead atoms. The average molecular weight is 222 g/mol. The molecule has 2 nitrogen and oxygen atoms in total. The molecule has 0 unspecified atom stereocenters. The van der Waals surface area contributed by atoms with E-state index in [9.17, 15) is 4.79 Å². The lowest BCUT2D eigenvalue weighted by molar-refractivity contribution is -0.142. The second-order valence-electron chi connectivity index (χ2n) is 3.83. The Balaban J connectivity index is 3.64. The van der Waals surface area contributed by atoms with Crippen LogP contribution in [-0.4, -0.2) is 20.4 Å². The lowest BCUT2D eigenvalue weighted by Gasteiger charge is -2.05. The Hall–Kier alpha value is -0.985. The smallest absolute Gasteiger partial charge is 0.306 e. The summed E-state index contributed by atoms with van der Waals surface area (Å²) in [5.74, 6) is -0.0834. The van der Waals surface area contributed by atoms with Crippen molar-refractivity contribution in [1.82, 2.24) is 0 Å². The maximum absolute atomic E-state index is 11.4. The Labute approximate surface area is 100 Å². The monoisotopic (exact) mass is 222 g/mol. The van der Waals surface area contributed by atoms with E-state index >= 15 is 0 Å². The first-order valence-corrected chi connectivity index (χ1v) is 6.18. The van der Waals surface area contributed by atoms with Gasteiger partial charge in [0.15, 0.2) is 0 Å². The Morgan fingerprint density at radius 2 is 2.00 bits per heavy atom. The van der Waals surface area contributed by atoms with Crippen LogP contribution in [0.4, 0.5) is 0 Å². The summed E-state index contributed by atoms with van der Waals surface area (Å²) in [7, 11) is 2.16. The molecule has 0 saturated heterocycles. The number of allylic oxidation sites excluding steroid dienone is 2. The van der Waals surface area contributed by atoms with Crippen LogP contribution in [-0.2, 0) is 9.53 Å². The minimum absolute atomic E-state index is 0.0834. The Morgan fingerprint density at radius 3 is 2.56 bits per heavy atom. The van der Waals surface area contributed by atoms with Crippen molar-refractivity contribution in [3.05, 3.63) is 23.8 Å². The first-order valence-electron chi connectivity index (χ1n) is 6.18. The average Bonchev–Trinajstić information content (AvgIpc) is 2.30. The fraction of sp³-hybridized carbons (Fsp3) is 0.615. The van der Waals surface area contributed by atoms with Crippen LogP contribution in [0.15, 0.2) is 23.8 Å². The highest BCUT2D eigenvalue weighted by molar-refractivity contribution is 6.08. The largest absolute Gasteiger partial charge is 0.461 e. The zero-order valence-electron chi connectivity index (χ0n) is 10.8. The van der Waals surface area contributed by atoms with Crippen molar-refractivity contribution in [3.8, 4) is 0 Å². The van der Waals surface area contributed by atoms with Crippen LogP contribution < -0.4 is 0 Å². The maximum atomic E-state index is 11.4. The highest BCUT2D eigenvalue weighted by Crippen LogP contribution is 2.04. The first kappa shape index (κ1) is 15.0. The summed E-state index contributed by atoms with van der Waals surface area (Å²) in [6, 6.07) is 0. The van der Waals surface area contributed by atoms with E-state index in [0.29, 0.717) is 13.0 Å². The minimum atomic E-state index is -0.0834. The van der Waals surface area contributed by atoms with Gasteiger partial charge in [0, 0.05) is 6.42 Å². The molecule has 0 aliphatic carbocycles. The van der Waals surface area contributed by atoms with Gasteiger partial charge in [-0.25, -0.2) is 0 Å². The first-order chi connectivity index (χ1) is 7.74. The van der Waals surface area contributed by atoms with E-state index in [2.05, 4.69) is 7.85 Å². The fourth-order valence-corrected chi connectivity index (χ4v) is 1.37. The van der Waals surface area contributed by atoms with Gasteiger partial charge >= 0.3 is 5.97 Å². The van der Waals surface area contributed by atoms with E-state index in [4.69, 9.17) is 4.74 Å². The van der Waals surface area contributed by atoms with E-state index in [1.165, 1.54) is 12.7 Å². The maximum Gasteiger partial charge on any atom is 0.306 e. The van der Waals surface area contributed by atoms with Crippen LogP contribution >= 0.6 is 0 Å². The lowest BCUT2D eigenvalue weighted by Crippen LogP contribution is -2.06. The lowest BCUT2D eigenvalue weighted by atomic mass is 9.99. The number of hydrogen-bond acceptors (Lipinski definition) is 2. The predicted molar refractivity (Wildman–Crippen MR) is 71.3 cm³/mol. The van der Waals surface area contributed by atoms with Gasteiger partial charge in [0.05, 0.1) is 0 Å². The number of ether oxygens (including phenoxy) is 1. The molecule has 3 heteroatoms. The second-order valence-corrected chi connectivity index (χ2v) is 3.83. The van der Waals surface area contributed by atoms with Crippen LogP contribution in [0, 0.1) is 0 Å². The Kier molecular flexibility index (Phi) is 9.88. The number of rotatable bonds is 8. The SMILES string of the molecule is BCCCCCC(=O)OCC(/C=C\C)=C/C. The Morgan fingerprint density at radius 1 is 1.25 bits per heavy atom. The molecule has 0 spiro atoms. The van der Waals surface area contributed by atoms with Crippen molar-refractivity contribution in [1.29, 1.82) is 0 Å². The standard InChI is InChI=1S/C13H23BO2/c1-3-8-12(4-2)11-16-13(15)9-6-5-7-10-14/h3-4,8H,5-7,9-11,14H2,1-2H3/b8-3-,12-4+. The third-order valence-electron chi connectivity index (χ3n) is 2.39. The van der Waals surface area contributed by atoms with Crippen LogP contribution in [0.25, 0.3) is 0 Å². The van der Waals surface area contributed by atoms with Crippen molar-refractivity contribution < 1.29 is 9.53 Å². The van der Waals surface area contributed by atoms with Gasteiger partial charge in [0.1, 0.15) is 14.5 Å². The topological polar surface area (TPSA) is 26.3 Å². The molecule has 0 amide bonds. The summed E-state index contributed by atoms with van der Waals surface area (Å²) in [6.07, 6.45) is 10.9. The zero-order valence-corrected chi connectivity index (χ0v) is 10.8. The summed E-state index contributed by atoms with van der Waals surface area (Å²) in [6.45, 7) is 4.30. The minimum Gasteiger partial charge on any atom is -0.461 e. The van der Waals surface area contributed by atoms with Crippen LogP contribution in [0.1, 0.15) is 39.5 Å². The zero-order chi connectivity index (χ0) is 12.2. The third kappa shape index (κ3) is 8.33. The van der Waals surface area contributed by atoms with Gasteiger partial charge in [0.2, 0.25) is 0 Å². The van der Waals surface area contributed by atoms with E-state index in [1.807, 2.05) is 32.1 Å². The summed E-state index contributed by atoms with van der Waals surface area (Å²) in [5, 5.41) is 0. The van der Waals surface area contributed by atoms with E-state index in [0.717, 1.165) is 18.4 Å². The molecule has 0 saturated carbocycles.